The van der Waals surface area contributed by atoms with Crippen molar-refractivity contribution in [3.05, 3.63) is 19.9 Å². The summed E-state index contributed by atoms with van der Waals surface area (Å²) < 4.78 is 6.63. The number of nitrogens with one attached hydrogen (secondary N) is 2. The molecular weight excluding hydrogens is 373 g/mol. The normalized spacial score (nSPS) is 11.6. The summed E-state index contributed by atoms with van der Waals surface area (Å²) in [7, 11) is 1.80. The van der Waals surface area contributed by atoms with Crippen LogP contribution in [0.15, 0.2) is 17.1 Å². The first kappa shape index (κ1) is 16.7. The number of nitrogens with zero attached hydrogens (tertiary/aromatic N) is 1. The number of aliphatic imine (C=N–C) groups is 1. The van der Waals surface area contributed by atoms with Crippen molar-refractivity contribution in [2.24, 2.45) is 4.99 Å². The lowest BCUT2D eigenvalue weighted by Gasteiger charge is -2.11. The van der Waals surface area contributed by atoms with Crippen LogP contribution >= 0.6 is 33.9 Å². The second kappa shape index (κ2) is 10.4. The van der Waals surface area contributed by atoms with E-state index in [1.54, 1.807) is 7.05 Å². The number of halogens is 1. The molecule has 0 bridgehead atoms. The Labute approximate surface area is 133 Å². The Morgan fingerprint density at radius 2 is 2.16 bits per heavy atom. The minimum Gasteiger partial charge on any atom is -0.382 e. The first-order chi connectivity index (χ1) is 9.26. The molecule has 0 unspecified atom stereocenters. The summed E-state index contributed by atoms with van der Waals surface area (Å²) in [6.45, 7) is 5.39. The van der Waals surface area contributed by atoms with Gasteiger partial charge in [0.1, 0.15) is 0 Å². The molecule has 1 aromatic heterocycles. The molecule has 1 heterocycles. The van der Waals surface area contributed by atoms with Crippen molar-refractivity contribution in [3.63, 3.8) is 0 Å². The minimum absolute atomic E-state index is 0.784. The van der Waals surface area contributed by atoms with Gasteiger partial charge in [0.25, 0.3) is 0 Å². The molecule has 0 fully saturated rings. The van der Waals surface area contributed by atoms with E-state index in [2.05, 4.69) is 50.3 Å². The summed E-state index contributed by atoms with van der Waals surface area (Å²) in [6.07, 6.45) is 2.03. The van der Waals surface area contributed by atoms with Gasteiger partial charge in [-0.25, -0.2) is 0 Å². The second-order valence-corrected chi connectivity index (χ2v) is 6.99. The largest absolute Gasteiger partial charge is 0.382 e. The Morgan fingerprint density at radius 3 is 2.79 bits per heavy atom. The Morgan fingerprint density at radius 1 is 1.37 bits per heavy atom. The van der Waals surface area contributed by atoms with Gasteiger partial charge in [0.05, 0.1) is 2.88 Å². The molecule has 0 aliphatic heterocycles. The van der Waals surface area contributed by atoms with E-state index in [1.165, 1.54) is 7.76 Å². The molecule has 1 rings (SSSR count). The fourth-order valence-electron chi connectivity index (χ4n) is 1.54. The van der Waals surface area contributed by atoms with Gasteiger partial charge in [-0.05, 0) is 54.5 Å². The van der Waals surface area contributed by atoms with Gasteiger partial charge in [0.2, 0.25) is 0 Å². The number of thiophene rings is 1. The van der Waals surface area contributed by atoms with Crippen LogP contribution < -0.4 is 10.6 Å². The van der Waals surface area contributed by atoms with Crippen LogP contribution in [0, 0.1) is 2.88 Å². The minimum atomic E-state index is 0.784. The van der Waals surface area contributed by atoms with Gasteiger partial charge in [-0.15, -0.1) is 11.3 Å². The van der Waals surface area contributed by atoms with Gasteiger partial charge in [0, 0.05) is 38.2 Å². The Kier molecular flexibility index (Phi) is 9.19. The van der Waals surface area contributed by atoms with Gasteiger partial charge in [-0.2, -0.15) is 0 Å². The zero-order valence-corrected chi connectivity index (χ0v) is 14.5. The summed E-state index contributed by atoms with van der Waals surface area (Å²) in [4.78, 5) is 5.60. The molecule has 0 aliphatic carbocycles. The van der Waals surface area contributed by atoms with Crippen LogP contribution in [0.5, 0.6) is 0 Å². The van der Waals surface area contributed by atoms with Crippen LogP contribution in [0.2, 0.25) is 0 Å². The number of guanidine groups is 1. The summed E-state index contributed by atoms with van der Waals surface area (Å²) in [5.74, 6) is 0.864. The van der Waals surface area contributed by atoms with Crippen LogP contribution in [0.3, 0.4) is 0 Å². The molecule has 1 aromatic rings. The fraction of sp³-hybridized carbons (Fsp3) is 0.615. The van der Waals surface area contributed by atoms with E-state index < -0.39 is 0 Å². The summed E-state index contributed by atoms with van der Waals surface area (Å²) >= 11 is 4.20. The lowest BCUT2D eigenvalue weighted by Crippen LogP contribution is -2.38. The number of hydrogen-bond acceptors (Lipinski definition) is 3. The Hall–Kier alpha value is -0.340. The van der Waals surface area contributed by atoms with E-state index in [0.717, 1.165) is 45.1 Å². The number of rotatable bonds is 8. The highest BCUT2D eigenvalue weighted by molar-refractivity contribution is 14.1. The van der Waals surface area contributed by atoms with Crippen LogP contribution in [0.1, 0.15) is 18.2 Å². The van der Waals surface area contributed by atoms with Gasteiger partial charge < -0.3 is 15.4 Å². The molecule has 19 heavy (non-hydrogen) atoms. The van der Waals surface area contributed by atoms with Crippen molar-refractivity contribution >= 4 is 39.9 Å². The lowest BCUT2D eigenvalue weighted by molar-refractivity contribution is 0.145. The first-order valence-electron chi connectivity index (χ1n) is 6.52. The monoisotopic (exact) mass is 395 g/mol. The molecule has 0 saturated heterocycles. The Bertz CT molecular complexity index is 382. The van der Waals surface area contributed by atoms with Crippen molar-refractivity contribution in [2.75, 3.05) is 33.4 Å². The van der Waals surface area contributed by atoms with Crippen LogP contribution in [0.4, 0.5) is 0 Å². The summed E-state index contributed by atoms with van der Waals surface area (Å²) in [5.41, 5.74) is 0. The topological polar surface area (TPSA) is 45.6 Å². The van der Waals surface area contributed by atoms with E-state index in [9.17, 15) is 0 Å². The lowest BCUT2D eigenvalue weighted by atomic mass is 10.3. The predicted molar refractivity (Wildman–Crippen MR) is 91.2 cm³/mol. The maximum Gasteiger partial charge on any atom is 0.190 e. The van der Waals surface area contributed by atoms with Crippen molar-refractivity contribution in [2.45, 2.75) is 19.8 Å². The average Bonchev–Trinajstić information content (AvgIpc) is 2.82. The number of hydrogen-bond donors (Lipinski definition) is 2. The Balaban J connectivity index is 2.11. The second-order valence-electron chi connectivity index (χ2n) is 3.93. The van der Waals surface area contributed by atoms with E-state index in [4.69, 9.17) is 4.74 Å². The standard InChI is InChI=1S/C13H22IN3OS/c1-3-18-10-4-8-16-13(15-2)17-9-7-11-5-6-12(14)19-11/h5-6H,3-4,7-10H2,1-2H3,(H2,15,16,17). The quantitative estimate of drug-likeness (QED) is 0.308. The van der Waals surface area contributed by atoms with E-state index in [0.29, 0.717) is 0 Å². The predicted octanol–water partition coefficient (Wildman–Crippen LogP) is 2.49. The molecule has 0 radical (unpaired) electrons. The zero-order chi connectivity index (χ0) is 13.9. The third-order valence-electron chi connectivity index (χ3n) is 2.48. The van der Waals surface area contributed by atoms with Crippen LogP contribution in [0.25, 0.3) is 0 Å². The maximum absolute atomic E-state index is 5.29. The summed E-state index contributed by atoms with van der Waals surface area (Å²) in [6, 6.07) is 4.34. The van der Waals surface area contributed by atoms with Crippen LogP contribution in [-0.4, -0.2) is 39.3 Å². The molecule has 0 atom stereocenters. The zero-order valence-electron chi connectivity index (χ0n) is 11.5. The molecule has 0 saturated carbocycles. The molecular formula is C13H22IN3OS. The molecule has 2 N–H and O–H groups in total. The van der Waals surface area contributed by atoms with Crippen molar-refractivity contribution in [1.82, 2.24) is 10.6 Å². The van der Waals surface area contributed by atoms with E-state index in [-0.39, 0.29) is 0 Å². The average molecular weight is 395 g/mol. The smallest absolute Gasteiger partial charge is 0.190 e. The van der Waals surface area contributed by atoms with E-state index >= 15 is 0 Å². The molecule has 6 heteroatoms. The fourth-order valence-corrected chi connectivity index (χ4v) is 3.29. The highest BCUT2D eigenvalue weighted by atomic mass is 127. The van der Waals surface area contributed by atoms with Crippen molar-refractivity contribution in [3.8, 4) is 0 Å². The highest BCUT2D eigenvalue weighted by Crippen LogP contribution is 2.18. The molecule has 0 amide bonds. The SMILES string of the molecule is CCOCCCNC(=NC)NCCc1ccc(I)s1. The number of ether oxygens (including phenoxy) is 1. The highest BCUT2D eigenvalue weighted by Gasteiger charge is 1.99. The van der Waals surface area contributed by atoms with E-state index in [1.807, 2.05) is 18.3 Å². The molecule has 0 aliphatic rings. The van der Waals surface area contributed by atoms with Gasteiger partial charge in [-0.1, -0.05) is 0 Å². The third-order valence-corrected chi connectivity index (χ3v) is 4.43. The van der Waals surface area contributed by atoms with Crippen molar-refractivity contribution < 1.29 is 4.74 Å². The third kappa shape index (κ3) is 7.74. The van der Waals surface area contributed by atoms with Crippen LogP contribution in [-0.2, 0) is 11.2 Å². The molecule has 0 aromatic carbocycles. The van der Waals surface area contributed by atoms with Gasteiger partial charge in [-0.3, -0.25) is 4.99 Å². The molecule has 0 spiro atoms. The van der Waals surface area contributed by atoms with Crippen molar-refractivity contribution in [1.29, 1.82) is 0 Å². The van der Waals surface area contributed by atoms with Gasteiger partial charge in [0.15, 0.2) is 5.96 Å². The molecule has 4 nitrogen and oxygen atoms in total. The van der Waals surface area contributed by atoms with Gasteiger partial charge >= 0.3 is 0 Å². The first-order valence-corrected chi connectivity index (χ1v) is 8.42. The summed E-state index contributed by atoms with van der Waals surface area (Å²) in [5, 5.41) is 6.60. The maximum atomic E-state index is 5.29. The molecule has 108 valence electrons.